The van der Waals surface area contributed by atoms with E-state index in [-0.39, 0.29) is 0 Å². The number of methoxy groups -OCH3 is 1. The summed E-state index contributed by atoms with van der Waals surface area (Å²) in [6.45, 7) is 2.09. The minimum absolute atomic E-state index is 0.668. The monoisotopic (exact) mass is 238 g/mol. The van der Waals surface area contributed by atoms with Gasteiger partial charge < -0.3 is 4.74 Å². The van der Waals surface area contributed by atoms with Gasteiger partial charge >= 0.3 is 0 Å². The lowest BCUT2D eigenvalue weighted by Crippen LogP contribution is -1.90. The van der Waals surface area contributed by atoms with Crippen molar-refractivity contribution >= 4 is 0 Å². The van der Waals surface area contributed by atoms with Crippen LogP contribution in [0.4, 0.5) is 0 Å². The molecule has 2 unspecified atom stereocenters. The quantitative estimate of drug-likeness (QED) is 0.775. The fraction of sp³-hybridized carbons (Fsp3) is 0.294. The Labute approximate surface area is 108 Å². The van der Waals surface area contributed by atoms with E-state index >= 15 is 0 Å². The average molecular weight is 238 g/mol. The van der Waals surface area contributed by atoms with Gasteiger partial charge in [0.1, 0.15) is 5.75 Å². The topological polar surface area (TPSA) is 9.23 Å². The van der Waals surface area contributed by atoms with E-state index in [1.165, 1.54) is 23.1 Å². The van der Waals surface area contributed by atoms with Crippen molar-refractivity contribution in [1.82, 2.24) is 0 Å². The molecule has 18 heavy (non-hydrogen) atoms. The Morgan fingerprint density at radius 3 is 2.39 bits per heavy atom. The van der Waals surface area contributed by atoms with E-state index in [9.17, 15) is 0 Å². The lowest BCUT2D eigenvalue weighted by atomic mass is 10.0. The third-order valence-corrected chi connectivity index (χ3v) is 3.88. The first-order valence-corrected chi connectivity index (χ1v) is 6.49. The summed E-state index contributed by atoms with van der Waals surface area (Å²) in [7, 11) is 1.74. The van der Waals surface area contributed by atoms with Crippen LogP contribution < -0.4 is 4.74 Å². The third-order valence-electron chi connectivity index (χ3n) is 3.88. The fourth-order valence-electron chi connectivity index (χ4n) is 2.70. The molecule has 0 amide bonds. The highest BCUT2D eigenvalue weighted by atomic mass is 16.5. The molecule has 0 aromatic heterocycles. The van der Waals surface area contributed by atoms with Crippen molar-refractivity contribution < 1.29 is 4.74 Å². The first-order chi connectivity index (χ1) is 8.79. The standard InChI is InChI=1S/C17H18O/c1-12-8-9-14(10-17(12)18-2)16-11-15(16)13-6-4-3-5-7-13/h3-10,15-16H,11H2,1-2H3. The molecule has 1 nitrogen and oxygen atoms in total. The van der Waals surface area contributed by atoms with E-state index in [1.54, 1.807) is 7.11 Å². The zero-order valence-electron chi connectivity index (χ0n) is 10.9. The van der Waals surface area contributed by atoms with Crippen LogP contribution in [0.2, 0.25) is 0 Å². The molecule has 3 rings (SSSR count). The second-order valence-electron chi connectivity index (χ2n) is 5.09. The highest BCUT2D eigenvalue weighted by Crippen LogP contribution is 2.55. The van der Waals surface area contributed by atoms with Gasteiger partial charge in [0, 0.05) is 0 Å². The second kappa shape index (κ2) is 4.49. The van der Waals surface area contributed by atoms with Crippen LogP contribution in [0.25, 0.3) is 0 Å². The molecule has 0 N–H and O–H groups in total. The van der Waals surface area contributed by atoms with Crippen LogP contribution >= 0.6 is 0 Å². The van der Waals surface area contributed by atoms with E-state index in [0.717, 1.165) is 5.75 Å². The van der Waals surface area contributed by atoms with Gasteiger partial charge in [0.15, 0.2) is 0 Å². The first-order valence-electron chi connectivity index (χ1n) is 6.49. The van der Waals surface area contributed by atoms with E-state index in [4.69, 9.17) is 4.74 Å². The summed E-state index contributed by atoms with van der Waals surface area (Å²) in [6.07, 6.45) is 1.26. The van der Waals surface area contributed by atoms with Gasteiger partial charge in [-0.15, -0.1) is 0 Å². The van der Waals surface area contributed by atoms with E-state index in [1.807, 2.05) is 0 Å². The molecule has 1 aliphatic rings. The molecule has 92 valence electrons. The summed E-state index contributed by atoms with van der Waals surface area (Å²) in [6, 6.07) is 17.4. The summed E-state index contributed by atoms with van der Waals surface area (Å²) in [5.74, 6) is 2.37. The Bertz CT molecular complexity index is 545. The highest BCUT2D eigenvalue weighted by Gasteiger charge is 2.39. The number of rotatable bonds is 3. The van der Waals surface area contributed by atoms with Gasteiger partial charge in [0.25, 0.3) is 0 Å². The van der Waals surface area contributed by atoms with Crippen molar-refractivity contribution in [3.05, 3.63) is 65.2 Å². The largest absolute Gasteiger partial charge is 0.496 e. The van der Waals surface area contributed by atoms with E-state index in [2.05, 4.69) is 55.5 Å². The van der Waals surface area contributed by atoms with Crippen molar-refractivity contribution in [2.24, 2.45) is 0 Å². The number of aryl methyl sites for hydroxylation is 1. The predicted molar refractivity (Wildman–Crippen MR) is 74.3 cm³/mol. The van der Waals surface area contributed by atoms with Crippen LogP contribution in [0.5, 0.6) is 5.75 Å². The molecule has 0 radical (unpaired) electrons. The van der Waals surface area contributed by atoms with Crippen LogP contribution in [-0.2, 0) is 0 Å². The smallest absolute Gasteiger partial charge is 0.122 e. The average Bonchev–Trinajstić information content (AvgIpc) is 3.21. The van der Waals surface area contributed by atoms with Gasteiger partial charge in [0.05, 0.1) is 7.11 Å². The Hall–Kier alpha value is -1.76. The van der Waals surface area contributed by atoms with Crippen LogP contribution in [-0.4, -0.2) is 7.11 Å². The minimum Gasteiger partial charge on any atom is -0.496 e. The van der Waals surface area contributed by atoms with Gasteiger partial charge in [-0.3, -0.25) is 0 Å². The molecule has 0 bridgehead atoms. The molecule has 0 heterocycles. The molecule has 2 aromatic rings. The van der Waals surface area contributed by atoms with Crippen LogP contribution in [0.1, 0.15) is 34.9 Å². The van der Waals surface area contributed by atoms with Crippen LogP contribution in [0.15, 0.2) is 48.5 Å². The third kappa shape index (κ3) is 2.01. The van der Waals surface area contributed by atoms with Crippen molar-refractivity contribution in [1.29, 1.82) is 0 Å². The summed E-state index contributed by atoms with van der Waals surface area (Å²) >= 11 is 0. The highest BCUT2D eigenvalue weighted by molar-refractivity contribution is 5.43. The second-order valence-corrected chi connectivity index (χ2v) is 5.09. The lowest BCUT2D eigenvalue weighted by Gasteiger charge is -2.07. The summed E-state index contributed by atoms with van der Waals surface area (Å²) in [5.41, 5.74) is 4.08. The molecular formula is C17H18O. The molecule has 1 fully saturated rings. The minimum atomic E-state index is 0.668. The van der Waals surface area contributed by atoms with Gasteiger partial charge in [0.2, 0.25) is 0 Å². The van der Waals surface area contributed by atoms with Gasteiger partial charge in [-0.1, -0.05) is 42.5 Å². The molecule has 1 aliphatic carbocycles. The molecule has 1 heteroatoms. The zero-order valence-corrected chi connectivity index (χ0v) is 10.9. The van der Waals surface area contributed by atoms with Gasteiger partial charge in [-0.05, 0) is 47.9 Å². The van der Waals surface area contributed by atoms with Gasteiger partial charge in [-0.25, -0.2) is 0 Å². The van der Waals surface area contributed by atoms with E-state index in [0.29, 0.717) is 11.8 Å². The molecule has 0 spiro atoms. The van der Waals surface area contributed by atoms with Crippen molar-refractivity contribution in [3.8, 4) is 5.75 Å². The Kier molecular flexibility index (Phi) is 2.83. The van der Waals surface area contributed by atoms with E-state index < -0.39 is 0 Å². The normalized spacial score (nSPS) is 21.7. The zero-order chi connectivity index (χ0) is 12.5. The van der Waals surface area contributed by atoms with Crippen molar-refractivity contribution in [2.75, 3.05) is 7.11 Å². The van der Waals surface area contributed by atoms with Crippen molar-refractivity contribution in [3.63, 3.8) is 0 Å². The van der Waals surface area contributed by atoms with Crippen LogP contribution in [0, 0.1) is 6.92 Å². The maximum absolute atomic E-state index is 5.40. The number of ether oxygens (including phenoxy) is 1. The Morgan fingerprint density at radius 1 is 0.944 bits per heavy atom. The fourth-order valence-corrected chi connectivity index (χ4v) is 2.70. The number of hydrogen-bond acceptors (Lipinski definition) is 1. The van der Waals surface area contributed by atoms with Crippen molar-refractivity contribution in [2.45, 2.75) is 25.2 Å². The van der Waals surface area contributed by atoms with Crippen LogP contribution in [0.3, 0.4) is 0 Å². The summed E-state index contributed by atoms with van der Waals surface area (Å²) in [5, 5.41) is 0. The molecular weight excluding hydrogens is 220 g/mol. The predicted octanol–water partition coefficient (Wildman–Crippen LogP) is 4.27. The SMILES string of the molecule is COc1cc(C2CC2c2ccccc2)ccc1C. The molecule has 2 atom stereocenters. The maximum Gasteiger partial charge on any atom is 0.122 e. The molecule has 0 saturated heterocycles. The first kappa shape index (κ1) is 11.3. The summed E-state index contributed by atoms with van der Waals surface area (Å²) < 4.78 is 5.40. The molecule has 1 saturated carbocycles. The van der Waals surface area contributed by atoms with Gasteiger partial charge in [-0.2, -0.15) is 0 Å². The number of benzene rings is 2. The lowest BCUT2D eigenvalue weighted by molar-refractivity contribution is 0.411. The summed E-state index contributed by atoms with van der Waals surface area (Å²) in [4.78, 5) is 0. The molecule has 2 aromatic carbocycles. The molecule has 0 aliphatic heterocycles. The number of hydrogen-bond donors (Lipinski definition) is 0. The maximum atomic E-state index is 5.40. The Balaban J connectivity index is 1.82. The Morgan fingerprint density at radius 2 is 1.67 bits per heavy atom.